The highest BCUT2D eigenvalue weighted by Gasteiger charge is 2.32. The molecule has 2 aromatic rings. The molecule has 0 spiro atoms. The molecule has 1 amide bonds. The average molecular weight is 385 g/mol. The van der Waals surface area contributed by atoms with Crippen LogP contribution < -0.4 is 9.47 Å². The molecule has 0 unspecified atom stereocenters. The minimum atomic E-state index is -0.785. The van der Waals surface area contributed by atoms with Crippen molar-refractivity contribution < 1.29 is 24.5 Å². The van der Waals surface area contributed by atoms with Crippen LogP contribution in [0.4, 0.5) is 0 Å². The number of carbonyl (C=O) groups excluding carboxylic acids is 1. The number of nitrogens with zero attached hydrogens (tertiary/aromatic N) is 1. The zero-order valence-electron chi connectivity index (χ0n) is 16.5. The lowest BCUT2D eigenvalue weighted by Gasteiger charge is -2.36. The number of benzene rings is 2. The predicted molar refractivity (Wildman–Crippen MR) is 106 cm³/mol. The topological polar surface area (TPSA) is 79.2 Å². The van der Waals surface area contributed by atoms with Crippen molar-refractivity contribution in [3.63, 3.8) is 0 Å². The molecule has 0 aromatic heterocycles. The molecule has 0 radical (unpaired) electrons. The van der Waals surface area contributed by atoms with Crippen molar-refractivity contribution in [1.82, 2.24) is 4.90 Å². The number of phenolic OH excluding ortho intramolecular Hbond substituents is 1. The molecule has 28 heavy (non-hydrogen) atoms. The van der Waals surface area contributed by atoms with Gasteiger partial charge in [0, 0.05) is 18.5 Å². The molecule has 1 fully saturated rings. The molecule has 1 heterocycles. The number of phenols is 1. The minimum Gasteiger partial charge on any atom is -0.504 e. The van der Waals surface area contributed by atoms with Gasteiger partial charge in [0.1, 0.15) is 18.0 Å². The van der Waals surface area contributed by atoms with Gasteiger partial charge in [-0.2, -0.15) is 0 Å². The number of rotatable bonds is 5. The Hall–Kier alpha value is -2.73. The zero-order chi connectivity index (χ0) is 20.3. The summed E-state index contributed by atoms with van der Waals surface area (Å²) in [5, 5.41) is 20.4. The van der Waals surface area contributed by atoms with Gasteiger partial charge in [0.05, 0.1) is 13.7 Å². The van der Waals surface area contributed by atoms with Crippen LogP contribution in [0.5, 0.6) is 17.2 Å². The highest BCUT2D eigenvalue weighted by atomic mass is 16.5. The van der Waals surface area contributed by atoms with E-state index in [4.69, 9.17) is 9.47 Å². The largest absolute Gasteiger partial charge is 0.504 e. The zero-order valence-corrected chi connectivity index (χ0v) is 16.5. The Balaban J connectivity index is 1.64. The van der Waals surface area contributed by atoms with E-state index in [2.05, 4.69) is 19.9 Å². The number of aliphatic hydroxyl groups excluding tert-OH is 1. The standard InChI is InChI=1S/C22H27NO5/c1-14(2)15-5-4-6-17(11-15)28-21-9-10-23(13-19(21)25)22(26)16-7-8-20(27-3)18(24)12-16/h4-8,11-12,14,19,21,24-25H,9-10,13H2,1-3H3/t19-,21-/m1/s1. The number of piperidine rings is 1. The smallest absolute Gasteiger partial charge is 0.254 e. The number of carbonyl (C=O) groups is 1. The van der Waals surface area contributed by atoms with Gasteiger partial charge >= 0.3 is 0 Å². The Labute approximate surface area is 165 Å². The summed E-state index contributed by atoms with van der Waals surface area (Å²) in [7, 11) is 1.45. The van der Waals surface area contributed by atoms with Crippen LogP contribution in [-0.2, 0) is 0 Å². The van der Waals surface area contributed by atoms with E-state index in [1.807, 2.05) is 18.2 Å². The predicted octanol–water partition coefficient (Wildman–Crippen LogP) is 3.18. The summed E-state index contributed by atoms with van der Waals surface area (Å²) in [5.41, 5.74) is 1.54. The molecule has 6 nitrogen and oxygen atoms in total. The second kappa shape index (κ2) is 8.52. The quantitative estimate of drug-likeness (QED) is 0.826. The Morgan fingerprint density at radius 1 is 1.21 bits per heavy atom. The van der Waals surface area contributed by atoms with Crippen molar-refractivity contribution in [3.05, 3.63) is 53.6 Å². The lowest BCUT2D eigenvalue weighted by atomic mass is 10.0. The first kappa shape index (κ1) is 20.0. The van der Waals surface area contributed by atoms with Gasteiger partial charge in [-0.1, -0.05) is 26.0 Å². The highest BCUT2D eigenvalue weighted by Crippen LogP contribution is 2.28. The molecule has 150 valence electrons. The van der Waals surface area contributed by atoms with Crippen molar-refractivity contribution >= 4 is 5.91 Å². The summed E-state index contributed by atoms with van der Waals surface area (Å²) in [6.07, 6.45) is -0.621. The Kier molecular flexibility index (Phi) is 6.09. The first-order valence-electron chi connectivity index (χ1n) is 9.50. The van der Waals surface area contributed by atoms with Crippen molar-refractivity contribution in [1.29, 1.82) is 0 Å². The number of likely N-dealkylation sites (tertiary alicyclic amines) is 1. The summed E-state index contributed by atoms with van der Waals surface area (Å²) < 4.78 is 11.0. The molecule has 3 rings (SSSR count). The molecular weight excluding hydrogens is 358 g/mol. The van der Waals surface area contributed by atoms with Gasteiger partial charge in [0.2, 0.25) is 0 Å². The van der Waals surface area contributed by atoms with Gasteiger partial charge in [0.15, 0.2) is 11.5 Å². The number of methoxy groups -OCH3 is 1. The third-order valence-corrected chi connectivity index (χ3v) is 5.05. The van der Waals surface area contributed by atoms with E-state index in [1.54, 1.807) is 17.0 Å². The molecular formula is C22H27NO5. The van der Waals surface area contributed by atoms with Gasteiger partial charge in [-0.15, -0.1) is 0 Å². The maximum atomic E-state index is 12.7. The van der Waals surface area contributed by atoms with E-state index in [1.165, 1.54) is 18.7 Å². The first-order valence-corrected chi connectivity index (χ1v) is 9.50. The third kappa shape index (κ3) is 4.39. The Morgan fingerprint density at radius 3 is 2.64 bits per heavy atom. The van der Waals surface area contributed by atoms with E-state index >= 15 is 0 Å². The van der Waals surface area contributed by atoms with Crippen LogP contribution in [0.15, 0.2) is 42.5 Å². The van der Waals surface area contributed by atoms with Crippen LogP contribution >= 0.6 is 0 Å². The highest BCUT2D eigenvalue weighted by molar-refractivity contribution is 5.95. The third-order valence-electron chi connectivity index (χ3n) is 5.05. The van der Waals surface area contributed by atoms with Crippen LogP contribution in [0.2, 0.25) is 0 Å². The SMILES string of the molecule is COc1ccc(C(=O)N2CC[C@@H](Oc3cccc(C(C)C)c3)[C@H](O)C2)cc1O. The molecule has 1 saturated heterocycles. The van der Waals surface area contributed by atoms with E-state index in [0.717, 1.165) is 5.75 Å². The maximum Gasteiger partial charge on any atom is 0.254 e. The van der Waals surface area contributed by atoms with Crippen LogP contribution in [0, 0.1) is 0 Å². The number of hydrogen-bond acceptors (Lipinski definition) is 5. The molecule has 0 saturated carbocycles. The van der Waals surface area contributed by atoms with Crippen LogP contribution in [0.1, 0.15) is 42.1 Å². The van der Waals surface area contributed by atoms with Crippen LogP contribution in [0.3, 0.4) is 0 Å². The number of aromatic hydroxyl groups is 1. The summed E-state index contributed by atoms with van der Waals surface area (Å²) in [6, 6.07) is 12.4. The van der Waals surface area contributed by atoms with Crippen molar-refractivity contribution in [2.75, 3.05) is 20.2 Å². The number of aliphatic hydroxyl groups is 1. The fourth-order valence-corrected chi connectivity index (χ4v) is 3.36. The number of hydrogen-bond donors (Lipinski definition) is 2. The van der Waals surface area contributed by atoms with E-state index < -0.39 is 6.10 Å². The summed E-state index contributed by atoms with van der Waals surface area (Å²) in [6.45, 7) is 4.89. The molecule has 2 aromatic carbocycles. The van der Waals surface area contributed by atoms with E-state index in [-0.39, 0.29) is 24.3 Å². The normalized spacial score (nSPS) is 19.5. The Morgan fingerprint density at radius 2 is 2.00 bits per heavy atom. The number of ether oxygens (including phenoxy) is 2. The van der Waals surface area contributed by atoms with Crippen molar-refractivity contribution in [3.8, 4) is 17.2 Å². The van der Waals surface area contributed by atoms with Gasteiger partial charge in [-0.05, 0) is 41.8 Å². The molecule has 1 aliphatic rings. The van der Waals surface area contributed by atoms with Gasteiger partial charge < -0.3 is 24.6 Å². The maximum absolute atomic E-state index is 12.7. The lowest BCUT2D eigenvalue weighted by molar-refractivity contribution is -0.0199. The summed E-state index contributed by atoms with van der Waals surface area (Å²) in [4.78, 5) is 14.3. The summed E-state index contributed by atoms with van der Waals surface area (Å²) in [5.74, 6) is 1.12. The van der Waals surface area contributed by atoms with Crippen molar-refractivity contribution in [2.45, 2.75) is 38.4 Å². The average Bonchev–Trinajstić information content (AvgIpc) is 2.69. The monoisotopic (exact) mass is 385 g/mol. The van der Waals surface area contributed by atoms with Gasteiger partial charge in [-0.25, -0.2) is 0 Å². The van der Waals surface area contributed by atoms with Crippen molar-refractivity contribution in [2.24, 2.45) is 0 Å². The summed E-state index contributed by atoms with van der Waals surface area (Å²) >= 11 is 0. The molecule has 0 aliphatic carbocycles. The molecule has 6 heteroatoms. The van der Waals surface area contributed by atoms with E-state index in [0.29, 0.717) is 30.2 Å². The molecule has 1 aliphatic heterocycles. The van der Waals surface area contributed by atoms with Crippen LogP contribution in [-0.4, -0.2) is 53.4 Å². The van der Waals surface area contributed by atoms with Gasteiger partial charge in [-0.3, -0.25) is 4.79 Å². The number of amides is 1. The molecule has 2 N–H and O–H groups in total. The minimum absolute atomic E-state index is 0.0860. The fraction of sp³-hybridized carbons (Fsp3) is 0.409. The fourth-order valence-electron chi connectivity index (χ4n) is 3.36. The second-order valence-corrected chi connectivity index (χ2v) is 7.38. The van der Waals surface area contributed by atoms with Gasteiger partial charge in [0.25, 0.3) is 5.91 Å². The first-order chi connectivity index (χ1) is 13.4. The lowest BCUT2D eigenvalue weighted by Crippen LogP contribution is -2.51. The Bertz CT molecular complexity index is 835. The van der Waals surface area contributed by atoms with Crippen LogP contribution in [0.25, 0.3) is 0 Å². The second-order valence-electron chi connectivity index (χ2n) is 7.38. The van der Waals surface area contributed by atoms with E-state index in [9.17, 15) is 15.0 Å². The molecule has 0 bridgehead atoms. The number of β-amino-alcohol motifs (C(OH)–C–C–N with tert-alkyl or cyclic N) is 1. The molecule has 2 atom stereocenters.